The van der Waals surface area contributed by atoms with Crippen LogP contribution in [0.5, 0.6) is 23.0 Å². The molecule has 10 nitrogen and oxygen atoms in total. The first-order valence-electron chi connectivity index (χ1n) is 12.9. The summed E-state index contributed by atoms with van der Waals surface area (Å²) >= 11 is 6.50. The average molecular weight is 602 g/mol. The van der Waals surface area contributed by atoms with Crippen molar-refractivity contribution in [3.63, 3.8) is 0 Å². The third-order valence-corrected chi connectivity index (χ3v) is 6.99. The van der Waals surface area contributed by atoms with E-state index in [1.807, 2.05) is 0 Å². The van der Waals surface area contributed by atoms with Gasteiger partial charge in [0, 0.05) is 29.0 Å². The number of fused-ring (bicyclic) bond motifs is 1. The maximum atomic E-state index is 13.2. The van der Waals surface area contributed by atoms with E-state index in [4.69, 9.17) is 30.9 Å². The van der Waals surface area contributed by atoms with Gasteiger partial charge in [0.2, 0.25) is 11.8 Å². The van der Waals surface area contributed by atoms with E-state index < -0.39 is 29.0 Å². The second-order valence-corrected chi connectivity index (χ2v) is 9.97. The van der Waals surface area contributed by atoms with Gasteiger partial charge in [0.25, 0.3) is 0 Å². The third kappa shape index (κ3) is 7.20. The van der Waals surface area contributed by atoms with Crippen LogP contribution in [-0.4, -0.2) is 41.6 Å². The number of carboxylic acids is 1. The molecule has 1 aliphatic rings. The zero-order valence-electron chi connectivity index (χ0n) is 24.3. The van der Waals surface area contributed by atoms with Gasteiger partial charge in [-0.1, -0.05) is 11.6 Å². The number of nitrogens with one attached hydrogen (secondary N) is 2. The first kappa shape index (κ1) is 31.6. The van der Waals surface area contributed by atoms with Crippen molar-refractivity contribution in [2.75, 3.05) is 24.4 Å². The Morgan fingerprint density at radius 3 is 2.26 bits per heavy atom. The Kier molecular flexibility index (Phi) is 9.81. The molecule has 0 radical (unpaired) electrons. The second-order valence-electron chi connectivity index (χ2n) is 9.57. The smallest absolute Gasteiger partial charge is 1.00 e. The summed E-state index contributed by atoms with van der Waals surface area (Å²) in [6.07, 6.45) is 2.13. The molecule has 2 amide bonds. The van der Waals surface area contributed by atoms with E-state index in [9.17, 15) is 18.8 Å². The molecule has 5 rings (SSSR count). The van der Waals surface area contributed by atoms with E-state index >= 15 is 0 Å². The van der Waals surface area contributed by atoms with Gasteiger partial charge in [-0.3, -0.25) is 19.4 Å². The Morgan fingerprint density at radius 2 is 1.63 bits per heavy atom. The van der Waals surface area contributed by atoms with E-state index in [-0.39, 0.29) is 38.3 Å². The molecule has 0 unspecified atom stereocenters. The number of nitrogens with zero attached hydrogens (tertiary/aromatic N) is 1. The molecular formula is C30H26ClFLiN3O7. The zero-order valence-corrected chi connectivity index (χ0v) is 24.0. The second kappa shape index (κ2) is 13.3. The molecule has 1 heterocycles. The van der Waals surface area contributed by atoms with Crippen LogP contribution >= 0.6 is 11.6 Å². The summed E-state index contributed by atoms with van der Waals surface area (Å²) in [6.45, 7) is -0.0358. The molecule has 3 N–H and O–H groups in total. The molecule has 218 valence electrons. The molecule has 4 aromatic rings. The average Bonchev–Trinajstić information content (AvgIpc) is 3.78. The molecule has 0 saturated heterocycles. The van der Waals surface area contributed by atoms with Gasteiger partial charge < -0.3 is 31.4 Å². The molecule has 43 heavy (non-hydrogen) atoms. The molecule has 0 spiro atoms. The van der Waals surface area contributed by atoms with Crippen molar-refractivity contribution in [1.82, 2.24) is 4.98 Å². The fourth-order valence-electron chi connectivity index (χ4n) is 4.23. The molecule has 1 aliphatic carbocycles. The molecule has 0 bridgehead atoms. The van der Waals surface area contributed by atoms with Gasteiger partial charge in [-0.05, 0) is 67.4 Å². The van der Waals surface area contributed by atoms with Crippen LogP contribution in [0.2, 0.25) is 5.02 Å². The number of anilines is 2. The van der Waals surface area contributed by atoms with Crippen LogP contribution in [0.4, 0.5) is 15.8 Å². The third-order valence-electron chi connectivity index (χ3n) is 6.69. The van der Waals surface area contributed by atoms with Crippen LogP contribution in [0.15, 0.2) is 66.9 Å². The number of carbonyl (C=O) groups excluding carboxylic acids is 2. The predicted octanol–water partition coefficient (Wildman–Crippen LogP) is 3.16. The van der Waals surface area contributed by atoms with Crippen LogP contribution in [0.25, 0.3) is 10.9 Å². The number of hydrogen-bond donors (Lipinski definition) is 3. The molecular weight excluding hydrogens is 576 g/mol. The maximum Gasteiger partial charge on any atom is 1.00 e. The summed E-state index contributed by atoms with van der Waals surface area (Å²) < 4.78 is 30.2. The van der Waals surface area contributed by atoms with Gasteiger partial charge in [-0.2, -0.15) is 0 Å². The first-order valence-corrected chi connectivity index (χ1v) is 13.2. The van der Waals surface area contributed by atoms with Crippen LogP contribution in [0, 0.1) is 11.2 Å². The Bertz CT molecular complexity index is 1690. The number of halogens is 2. The van der Waals surface area contributed by atoms with Crippen molar-refractivity contribution >= 4 is 51.7 Å². The number of hydrogen-bond acceptors (Lipinski definition) is 7. The summed E-state index contributed by atoms with van der Waals surface area (Å²) in [4.78, 5) is 41.0. The number of carboxylic acid groups (broad SMARTS) is 1. The number of methoxy groups -OCH3 is 1. The SMILES string of the molecule is COc1cc2c(Oc3ccc(NC(=O)C4(C(=O)Nc5ccc(F)cc5)CC4)cc3Cl)ccnc2cc1OCCC(=O)O.[H-].[Li+]. The number of amides is 2. The fraction of sp³-hybridized carbons (Fsp3) is 0.200. The van der Waals surface area contributed by atoms with Crippen LogP contribution in [0.3, 0.4) is 0 Å². The minimum Gasteiger partial charge on any atom is -1.00 e. The van der Waals surface area contributed by atoms with Crippen molar-refractivity contribution in [2.24, 2.45) is 5.41 Å². The molecule has 0 aliphatic heterocycles. The van der Waals surface area contributed by atoms with E-state index in [2.05, 4.69) is 15.6 Å². The topological polar surface area (TPSA) is 136 Å². The normalized spacial score (nSPS) is 12.9. The standard InChI is InChI=1S/C30H25ClFN3O7.Li.H/c1-40-25-15-20-22(16-26(25)41-13-9-27(36)37)33-12-8-23(20)42-24-7-6-19(14-21(24)31)35-29(39)30(10-11-30)28(38)34-18-4-2-17(32)3-5-18;;/h2-8,12,14-16H,9-11,13H2,1H3,(H,34,38)(H,35,39)(H,36,37);;/q;+1;-1. The molecule has 1 aromatic heterocycles. The molecule has 1 fully saturated rings. The summed E-state index contributed by atoms with van der Waals surface area (Å²) in [5, 5.41) is 15.1. The summed E-state index contributed by atoms with van der Waals surface area (Å²) in [5.41, 5.74) is 0.0735. The fourth-order valence-corrected chi connectivity index (χ4v) is 4.45. The predicted molar refractivity (Wildman–Crippen MR) is 154 cm³/mol. The van der Waals surface area contributed by atoms with Gasteiger partial charge in [0.15, 0.2) is 11.5 Å². The minimum atomic E-state index is -1.22. The Labute approximate surface area is 264 Å². The number of aliphatic carboxylic acids is 1. The van der Waals surface area contributed by atoms with E-state index in [1.165, 1.54) is 37.4 Å². The van der Waals surface area contributed by atoms with Gasteiger partial charge in [-0.15, -0.1) is 0 Å². The monoisotopic (exact) mass is 601 g/mol. The Balaban J connectivity index is 0.00000264. The number of ether oxygens (including phenoxy) is 3. The summed E-state index contributed by atoms with van der Waals surface area (Å²) in [5.74, 6) is -0.913. The quantitative estimate of drug-likeness (QED) is 0.176. The number of benzene rings is 3. The van der Waals surface area contributed by atoms with Crippen LogP contribution < -0.4 is 43.7 Å². The van der Waals surface area contributed by atoms with Crippen molar-refractivity contribution in [3.05, 3.63) is 77.7 Å². The Morgan fingerprint density at radius 1 is 0.953 bits per heavy atom. The minimum absolute atomic E-state index is 0. The van der Waals surface area contributed by atoms with Crippen molar-refractivity contribution < 1.29 is 58.4 Å². The molecule has 1 saturated carbocycles. The first-order chi connectivity index (χ1) is 20.2. The van der Waals surface area contributed by atoms with Gasteiger partial charge in [0.05, 0.1) is 30.7 Å². The van der Waals surface area contributed by atoms with Crippen LogP contribution in [0.1, 0.15) is 20.7 Å². The van der Waals surface area contributed by atoms with E-state index in [0.717, 1.165) is 0 Å². The van der Waals surface area contributed by atoms with Crippen molar-refractivity contribution in [2.45, 2.75) is 19.3 Å². The number of rotatable bonds is 11. The van der Waals surface area contributed by atoms with E-state index in [1.54, 1.807) is 36.5 Å². The molecule has 13 heteroatoms. The summed E-state index contributed by atoms with van der Waals surface area (Å²) in [6, 6.07) is 15.0. The van der Waals surface area contributed by atoms with E-state index in [0.29, 0.717) is 58.1 Å². The number of aromatic nitrogens is 1. The molecule has 3 aromatic carbocycles. The largest absolute Gasteiger partial charge is 1.00 e. The zero-order chi connectivity index (χ0) is 29.9. The van der Waals surface area contributed by atoms with Crippen molar-refractivity contribution in [1.29, 1.82) is 0 Å². The van der Waals surface area contributed by atoms with Gasteiger partial charge in [-0.25, -0.2) is 4.39 Å². The molecule has 0 atom stereocenters. The Hall–Kier alpha value is -4.30. The van der Waals surface area contributed by atoms with Crippen LogP contribution in [-0.2, 0) is 14.4 Å². The number of pyridine rings is 1. The maximum absolute atomic E-state index is 13.2. The van der Waals surface area contributed by atoms with Gasteiger partial charge >= 0.3 is 24.8 Å². The van der Waals surface area contributed by atoms with Gasteiger partial charge in [0.1, 0.15) is 22.7 Å². The number of carbonyl (C=O) groups is 3. The summed E-state index contributed by atoms with van der Waals surface area (Å²) in [7, 11) is 1.46. The van der Waals surface area contributed by atoms with Crippen molar-refractivity contribution in [3.8, 4) is 23.0 Å².